The average molecular weight is 328 g/mol. The number of halogens is 3. The first-order valence-corrected chi connectivity index (χ1v) is 7.42. The van der Waals surface area contributed by atoms with Crippen LogP contribution in [0.15, 0.2) is 36.4 Å². The van der Waals surface area contributed by atoms with Crippen molar-refractivity contribution in [3.63, 3.8) is 0 Å². The maximum atomic E-state index is 13.7. The van der Waals surface area contributed by atoms with Gasteiger partial charge in [-0.25, -0.2) is 4.39 Å². The molecule has 112 valence electrons. The van der Waals surface area contributed by atoms with Gasteiger partial charge < -0.3 is 10.1 Å². The molecule has 2 aromatic rings. The van der Waals surface area contributed by atoms with Crippen LogP contribution in [0.2, 0.25) is 10.0 Å². The first-order valence-electron chi connectivity index (χ1n) is 6.66. The number of ether oxygens (including phenoxy) is 1. The van der Waals surface area contributed by atoms with Gasteiger partial charge in [-0.2, -0.15) is 0 Å². The smallest absolute Gasteiger partial charge is 0.142 e. The van der Waals surface area contributed by atoms with Crippen molar-refractivity contribution in [2.45, 2.75) is 20.1 Å². The predicted octanol–water partition coefficient (Wildman–Crippen LogP) is 4.82. The average Bonchev–Trinajstić information content (AvgIpc) is 2.45. The fourth-order valence-electron chi connectivity index (χ4n) is 1.90. The second kappa shape index (κ2) is 7.64. The molecule has 0 bridgehead atoms. The normalized spacial score (nSPS) is 10.7. The Balaban J connectivity index is 2.15. The van der Waals surface area contributed by atoms with E-state index in [1.807, 2.05) is 19.1 Å². The predicted molar refractivity (Wildman–Crippen MR) is 84.6 cm³/mol. The van der Waals surface area contributed by atoms with Crippen molar-refractivity contribution >= 4 is 23.2 Å². The maximum absolute atomic E-state index is 13.7. The van der Waals surface area contributed by atoms with Crippen LogP contribution < -0.4 is 10.1 Å². The van der Waals surface area contributed by atoms with E-state index in [1.54, 1.807) is 18.2 Å². The van der Waals surface area contributed by atoms with Crippen LogP contribution in [0.1, 0.15) is 18.1 Å². The molecule has 2 nitrogen and oxygen atoms in total. The lowest BCUT2D eigenvalue weighted by atomic mass is 10.2. The third-order valence-corrected chi connectivity index (χ3v) is 3.53. The Morgan fingerprint density at radius 2 is 1.95 bits per heavy atom. The van der Waals surface area contributed by atoms with E-state index < -0.39 is 0 Å². The zero-order chi connectivity index (χ0) is 15.2. The van der Waals surface area contributed by atoms with Crippen molar-refractivity contribution < 1.29 is 9.13 Å². The summed E-state index contributed by atoms with van der Waals surface area (Å²) in [6.45, 7) is 3.62. The monoisotopic (exact) mass is 327 g/mol. The minimum absolute atomic E-state index is 0.103. The third-order valence-electron chi connectivity index (χ3n) is 3.00. The van der Waals surface area contributed by atoms with Gasteiger partial charge in [-0.15, -0.1) is 0 Å². The number of benzene rings is 2. The van der Waals surface area contributed by atoms with Crippen LogP contribution in [0.5, 0.6) is 5.75 Å². The highest BCUT2D eigenvalue weighted by Gasteiger charge is 2.10. The Morgan fingerprint density at radius 1 is 1.14 bits per heavy atom. The Hall–Kier alpha value is -1.29. The van der Waals surface area contributed by atoms with Crippen molar-refractivity contribution in [2.75, 3.05) is 6.54 Å². The number of nitrogens with one attached hydrogen (secondary N) is 1. The largest absolute Gasteiger partial charge is 0.487 e. The van der Waals surface area contributed by atoms with Gasteiger partial charge in [0.05, 0.1) is 5.02 Å². The van der Waals surface area contributed by atoms with Gasteiger partial charge in [-0.3, -0.25) is 0 Å². The van der Waals surface area contributed by atoms with Gasteiger partial charge in [0.25, 0.3) is 0 Å². The molecule has 0 atom stereocenters. The molecular formula is C16H16Cl2FNO. The fraction of sp³-hybridized carbons (Fsp3) is 0.250. The number of rotatable bonds is 6. The summed E-state index contributed by atoms with van der Waals surface area (Å²) in [6, 6.07) is 10.1. The zero-order valence-electron chi connectivity index (χ0n) is 11.6. The van der Waals surface area contributed by atoms with E-state index in [1.165, 1.54) is 6.07 Å². The Labute approximate surface area is 133 Å². The van der Waals surface area contributed by atoms with E-state index in [4.69, 9.17) is 27.9 Å². The van der Waals surface area contributed by atoms with E-state index in [0.29, 0.717) is 27.9 Å². The van der Waals surface area contributed by atoms with Crippen molar-refractivity contribution in [3.05, 3.63) is 63.4 Å². The molecule has 0 unspecified atom stereocenters. The molecule has 2 rings (SSSR count). The van der Waals surface area contributed by atoms with Gasteiger partial charge in [0.2, 0.25) is 0 Å². The highest BCUT2D eigenvalue weighted by molar-refractivity contribution is 6.32. The Morgan fingerprint density at radius 3 is 2.67 bits per heavy atom. The summed E-state index contributed by atoms with van der Waals surface area (Å²) in [5, 5.41) is 4.10. The maximum Gasteiger partial charge on any atom is 0.142 e. The molecule has 0 aliphatic carbocycles. The van der Waals surface area contributed by atoms with Crippen LogP contribution in [-0.2, 0) is 13.2 Å². The molecule has 0 amide bonds. The van der Waals surface area contributed by atoms with Gasteiger partial charge in [0.1, 0.15) is 18.2 Å². The topological polar surface area (TPSA) is 21.3 Å². The summed E-state index contributed by atoms with van der Waals surface area (Å²) >= 11 is 11.9. The molecule has 0 saturated heterocycles. The molecule has 0 saturated carbocycles. The lowest BCUT2D eigenvalue weighted by Crippen LogP contribution is -2.13. The van der Waals surface area contributed by atoms with Gasteiger partial charge >= 0.3 is 0 Å². The van der Waals surface area contributed by atoms with Crippen molar-refractivity contribution in [2.24, 2.45) is 0 Å². The fourth-order valence-corrected chi connectivity index (χ4v) is 2.31. The van der Waals surface area contributed by atoms with Crippen LogP contribution >= 0.6 is 23.2 Å². The summed E-state index contributed by atoms with van der Waals surface area (Å²) in [5.41, 5.74) is 1.38. The van der Waals surface area contributed by atoms with E-state index in [-0.39, 0.29) is 12.4 Å². The first-order chi connectivity index (χ1) is 10.1. The number of hydrogen-bond donors (Lipinski definition) is 1. The lowest BCUT2D eigenvalue weighted by Gasteiger charge is -2.14. The molecule has 0 aliphatic heterocycles. The minimum atomic E-state index is -0.386. The van der Waals surface area contributed by atoms with Gasteiger partial charge in [0, 0.05) is 22.7 Å². The number of hydrogen-bond acceptors (Lipinski definition) is 2. The molecule has 0 aromatic heterocycles. The summed E-state index contributed by atoms with van der Waals surface area (Å²) in [5.74, 6) is 0.192. The second-order valence-electron chi connectivity index (χ2n) is 4.53. The molecule has 0 fully saturated rings. The SMILES string of the molecule is CCNCc1cccc(Cl)c1OCc1ccc(Cl)cc1F. The van der Waals surface area contributed by atoms with Crippen LogP contribution in [0.25, 0.3) is 0 Å². The standard InChI is InChI=1S/C16H16Cl2FNO/c1-2-20-9-11-4-3-5-14(18)16(11)21-10-12-6-7-13(17)8-15(12)19/h3-8,20H,2,9-10H2,1H3. The third kappa shape index (κ3) is 4.34. The van der Waals surface area contributed by atoms with Crippen molar-refractivity contribution in [3.8, 4) is 5.75 Å². The second-order valence-corrected chi connectivity index (χ2v) is 5.38. The summed E-state index contributed by atoms with van der Waals surface area (Å²) < 4.78 is 19.5. The molecular weight excluding hydrogens is 312 g/mol. The zero-order valence-corrected chi connectivity index (χ0v) is 13.1. The highest BCUT2D eigenvalue weighted by Crippen LogP contribution is 2.29. The van der Waals surface area contributed by atoms with Crippen LogP contribution in [-0.4, -0.2) is 6.54 Å². The molecule has 0 heterocycles. The summed E-state index contributed by atoms with van der Waals surface area (Å²) in [6.07, 6.45) is 0. The molecule has 5 heteroatoms. The lowest BCUT2D eigenvalue weighted by molar-refractivity contribution is 0.296. The Kier molecular flexibility index (Phi) is 5.85. The summed E-state index contributed by atoms with van der Waals surface area (Å²) in [4.78, 5) is 0. The molecule has 0 radical (unpaired) electrons. The van der Waals surface area contributed by atoms with Gasteiger partial charge in [-0.05, 0) is 24.7 Å². The van der Waals surface area contributed by atoms with Crippen molar-refractivity contribution in [1.29, 1.82) is 0 Å². The summed E-state index contributed by atoms with van der Waals surface area (Å²) in [7, 11) is 0. The molecule has 2 aromatic carbocycles. The van der Waals surface area contributed by atoms with Crippen LogP contribution in [0.3, 0.4) is 0 Å². The quantitative estimate of drug-likeness (QED) is 0.821. The molecule has 1 N–H and O–H groups in total. The highest BCUT2D eigenvalue weighted by atomic mass is 35.5. The van der Waals surface area contributed by atoms with Gasteiger partial charge in [-0.1, -0.05) is 48.3 Å². The van der Waals surface area contributed by atoms with Crippen molar-refractivity contribution in [1.82, 2.24) is 5.32 Å². The molecule has 0 spiro atoms. The first kappa shape index (κ1) is 16.1. The number of para-hydroxylation sites is 1. The molecule has 21 heavy (non-hydrogen) atoms. The van der Waals surface area contributed by atoms with E-state index in [2.05, 4.69) is 5.32 Å². The van der Waals surface area contributed by atoms with E-state index in [9.17, 15) is 4.39 Å². The minimum Gasteiger partial charge on any atom is -0.487 e. The van der Waals surface area contributed by atoms with Crippen LogP contribution in [0.4, 0.5) is 4.39 Å². The van der Waals surface area contributed by atoms with E-state index in [0.717, 1.165) is 12.1 Å². The molecule has 0 aliphatic rings. The Bertz CT molecular complexity index is 619. The van der Waals surface area contributed by atoms with E-state index >= 15 is 0 Å². The van der Waals surface area contributed by atoms with Gasteiger partial charge in [0.15, 0.2) is 0 Å². The van der Waals surface area contributed by atoms with Crippen LogP contribution in [0, 0.1) is 5.82 Å².